The quantitative estimate of drug-likeness (QED) is 0.563. The number of fused-ring (bicyclic) bond motifs is 1. The Hall–Kier alpha value is -2.99. The van der Waals surface area contributed by atoms with Gasteiger partial charge in [0.1, 0.15) is 0 Å². The monoisotopic (exact) mass is 348 g/mol. The normalized spacial score (nSPS) is 12.0. The van der Waals surface area contributed by atoms with Gasteiger partial charge in [0.15, 0.2) is 0 Å². The smallest absolute Gasteiger partial charge is 0.282 e. The van der Waals surface area contributed by atoms with E-state index in [-0.39, 0.29) is 5.56 Å². The zero-order valence-corrected chi connectivity index (χ0v) is 14.7. The van der Waals surface area contributed by atoms with Crippen LogP contribution in [-0.4, -0.2) is 20.5 Å². The number of aliphatic imine (C=N–C) groups is 1. The first-order valence-electron chi connectivity index (χ1n) is 7.92. The van der Waals surface area contributed by atoms with Gasteiger partial charge in [-0.2, -0.15) is 4.68 Å². The van der Waals surface area contributed by atoms with E-state index < -0.39 is 0 Å². The predicted molar refractivity (Wildman–Crippen MR) is 103 cm³/mol. The Labute approximate surface area is 148 Å². The Kier molecular flexibility index (Phi) is 3.82. The van der Waals surface area contributed by atoms with Crippen molar-refractivity contribution < 1.29 is 0 Å². The molecule has 4 aromatic rings. The number of aryl methyl sites for hydroxylation is 1. The molecular formula is C19H16N4OS. The molecule has 4 rings (SSSR count). The van der Waals surface area contributed by atoms with E-state index >= 15 is 0 Å². The second-order valence-corrected chi connectivity index (χ2v) is 6.76. The molecule has 0 bridgehead atoms. The van der Waals surface area contributed by atoms with Gasteiger partial charge in [-0.15, -0.1) is 0 Å². The van der Waals surface area contributed by atoms with Crippen molar-refractivity contribution in [3.63, 3.8) is 0 Å². The van der Waals surface area contributed by atoms with E-state index in [9.17, 15) is 4.79 Å². The molecule has 2 aromatic carbocycles. The summed E-state index contributed by atoms with van der Waals surface area (Å²) in [6.45, 7) is 3.73. The molecule has 5 nitrogen and oxygen atoms in total. The average Bonchev–Trinajstić information content (AvgIpc) is 3.16. The minimum Gasteiger partial charge on any atom is -0.293 e. The van der Waals surface area contributed by atoms with Crippen LogP contribution >= 0.6 is 11.3 Å². The number of aromatic nitrogens is 3. The van der Waals surface area contributed by atoms with Crippen LogP contribution in [0.2, 0.25) is 0 Å². The van der Waals surface area contributed by atoms with Crippen LogP contribution in [0, 0.1) is 6.92 Å². The summed E-state index contributed by atoms with van der Waals surface area (Å²) < 4.78 is 2.55. The van der Waals surface area contributed by atoms with Crippen molar-refractivity contribution in [3.8, 4) is 5.13 Å². The summed E-state index contributed by atoms with van der Waals surface area (Å²) >= 11 is 1.48. The van der Waals surface area contributed by atoms with Gasteiger partial charge < -0.3 is 0 Å². The molecule has 0 aliphatic carbocycles. The molecule has 0 saturated carbocycles. The number of para-hydroxylation sites is 2. The Morgan fingerprint density at radius 2 is 1.84 bits per heavy atom. The molecule has 0 fully saturated rings. The first kappa shape index (κ1) is 15.5. The van der Waals surface area contributed by atoms with Crippen molar-refractivity contribution >= 4 is 33.0 Å². The molecule has 2 heterocycles. The molecule has 0 saturated heterocycles. The number of rotatable bonds is 3. The first-order valence-corrected chi connectivity index (χ1v) is 8.73. The van der Waals surface area contributed by atoms with E-state index in [0.717, 1.165) is 21.6 Å². The maximum absolute atomic E-state index is 12.9. The maximum atomic E-state index is 12.9. The highest BCUT2D eigenvalue weighted by Crippen LogP contribution is 2.23. The third-order valence-electron chi connectivity index (χ3n) is 3.96. The Morgan fingerprint density at radius 1 is 1.12 bits per heavy atom. The van der Waals surface area contributed by atoms with Gasteiger partial charge in [0.25, 0.3) is 5.56 Å². The van der Waals surface area contributed by atoms with Crippen LogP contribution in [0.4, 0.5) is 5.69 Å². The topological polar surface area (TPSA) is 63.0 Å². The molecule has 1 N–H and O–H groups in total. The zero-order valence-electron chi connectivity index (χ0n) is 13.9. The molecule has 0 spiro atoms. The van der Waals surface area contributed by atoms with E-state index in [0.29, 0.717) is 16.4 Å². The van der Waals surface area contributed by atoms with E-state index in [1.54, 1.807) is 0 Å². The number of aromatic amines is 1. The Bertz CT molecular complexity index is 1100. The van der Waals surface area contributed by atoms with Crippen LogP contribution in [-0.2, 0) is 0 Å². The molecular weight excluding hydrogens is 332 g/mol. The van der Waals surface area contributed by atoms with Crippen LogP contribution in [0.1, 0.15) is 18.2 Å². The lowest BCUT2D eigenvalue weighted by Crippen LogP contribution is -2.19. The fraction of sp³-hybridized carbons (Fsp3) is 0.105. The van der Waals surface area contributed by atoms with Crippen LogP contribution in [0.3, 0.4) is 0 Å². The average molecular weight is 348 g/mol. The summed E-state index contributed by atoms with van der Waals surface area (Å²) in [7, 11) is 0. The number of hydrogen-bond acceptors (Lipinski definition) is 4. The molecule has 0 amide bonds. The standard InChI is InChI=1S/C19H16N4OS/c1-12(20-14-8-4-3-5-9-14)17-13(2)22-23(18(17)24)19-21-15-10-6-7-11-16(15)25-19/h3-11,22H,1-2H3. The number of hydrogen-bond donors (Lipinski definition) is 1. The number of thiazole rings is 1. The minimum absolute atomic E-state index is 0.131. The number of H-pyrrole nitrogens is 1. The van der Waals surface area contributed by atoms with Gasteiger partial charge >= 0.3 is 0 Å². The molecule has 2 aromatic heterocycles. The predicted octanol–water partition coefficient (Wildman–Crippen LogP) is 4.22. The van der Waals surface area contributed by atoms with Crippen molar-refractivity contribution in [1.29, 1.82) is 0 Å². The summed E-state index contributed by atoms with van der Waals surface area (Å²) in [6, 6.07) is 17.5. The Balaban J connectivity index is 1.81. The van der Waals surface area contributed by atoms with Gasteiger partial charge in [0.2, 0.25) is 5.13 Å². The van der Waals surface area contributed by atoms with Gasteiger partial charge in [-0.1, -0.05) is 41.7 Å². The van der Waals surface area contributed by atoms with Gasteiger partial charge in [-0.3, -0.25) is 14.9 Å². The molecule has 0 radical (unpaired) electrons. The fourth-order valence-electron chi connectivity index (χ4n) is 2.82. The summed E-state index contributed by atoms with van der Waals surface area (Å²) in [5, 5.41) is 3.76. The lowest BCUT2D eigenvalue weighted by Gasteiger charge is -1.98. The van der Waals surface area contributed by atoms with Crippen LogP contribution < -0.4 is 5.56 Å². The SMILES string of the molecule is CC(=Nc1ccccc1)c1c(C)[nH]n(-c2nc3ccccc3s2)c1=O. The van der Waals surface area contributed by atoms with Crippen molar-refractivity contribution in [2.24, 2.45) is 4.99 Å². The van der Waals surface area contributed by atoms with Crippen molar-refractivity contribution in [2.75, 3.05) is 0 Å². The van der Waals surface area contributed by atoms with Gasteiger partial charge in [0.05, 0.1) is 27.2 Å². The molecule has 0 unspecified atom stereocenters. The third kappa shape index (κ3) is 2.81. The molecule has 6 heteroatoms. The summed E-state index contributed by atoms with van der Waals surface area (Å²) in [4.78, 5) is 22.0. The highest BCUT2D eigenvalue weighted by molar-refractivity contribution is 7.20. The maximum Gasteiger partial charge on any atom is 0.282 e. The molecule has 0 atom stereocenters. The lowest BCUT2D eigenvalue weighted by molar-refractivity contribution is 0.829. The molecule has 0 aliphatic heterocycles. The van der Waals surface area contributed by atoms with Crippen LogP contribution in [0.5, 0.6) is 0 Å². The number of benzene rings is 2. The third-order valence-corrected chi connectivity index (χ3v) is 4.98. The second kappa shape index (κ2) is 6.14. The zero-order chi connectivity index (χ0) is 17.4. The van der Waals surface area contributed by atoms with Gasteiger partial charge in [-0.25, -0.2) is 4.98 Å². The highest BCUT2D eigenvalue weighted by atomic mass is 32.1. The van der Waals surface area contributed by atoms with Crippen molar-refractivity contribution in [3.05, 3.63) is 76.2 Å². The van der Waals surface area contributed by atoms with Crippen molar-refractivity contribution in [2.45, 2.75) is 13.8 Å². The molecule has 124 valence electrons. The summed E-state index contributed by atoms with van der Waals surface area (Å²) in [5.74, 6) is 0. The van der Waals surface area contributed by atoms with E-state index in [4.69, 9.17) is 0 Å². The Morgan fingerprint density at radius 3 is 2.60 bits per heavy atom. The lowest BCUT2D eigenvalue weighted by atomic mass is 10.2. The summed E-state index contributed by atoms with van der Waals surface area (Å²) in [6.07, 6.45) is 0. The minimum atomic E-state index is -0.131. The second-order valence-electron chi connectivity index (χ2n) is 5.75. The van der Waals surface area contributed by atoms with E-state index in [1.165, 1.54) is 16.0 Å². The van der Waals surface area contributed by atoms with Gasteiger partial charge in [0, 0.05) is 5.69 Å². The van der Waals surface area contributed by atoms with Crippen molar-refractivity contribution in [1.82, 2.24) is 14.8 Å². The summed E-state index contributed by atoms with van der Waals surface area (Å²) in [5.41, 5.74) is 3.63. The van der Waals surface area contributed by atoms with Gasteiger partial charge in [-0.05, 0) is 38.1 Å². The fourth-order valence-corrected chi connectivity index (χ4v) is 3.74. The van der Waals surface area contributed by atoms with E-state index in [2.05, 4.69) is 15.1 Å². The highest BCUT2D eigenvalue weighted by Gasteiger charge is 2.17. The van der Waals surface area contributed by atoms with E-state index in [1.807, 2.05) is 68.4 Å². The molecule has 0 aliphatic rings. The largest absolute Gasteiger partial charge is 0.293 e. The van der Waals surface area contributed by atoms with Crippen LogP contribution in [0.15, 0.2) is 64.4 Å². The first-order chi connectivity index (χ1) is 12.1. The van der Waals surface area contributed by atoms with Crippen LogP contribution in [0.25, 0.3) is 15.3 Å². The number of nitrogens with zero attached hydrogens (tertiary/aromatic N) is 3. The molecule has 25 heavy (non-hydrogen) atoms. The number of nitrogens with one attached hydrogen (secondary N) is 1.